The van der Waals surface area contributed by atoms with E-state index in [0.717, 1.165) is 32.7 Å². The number of fused-ring (bicyclic) bond motifs is 1. The second-order valence-electron chi connectivity index (χ2n) is 5.33. The minimum absolute atomic E-state index is 0.0378. The van der Waals surface area contributed by atoms with Crippen LogP contribution in [0.4, 0.5) is 0 Å². The van der Waals surface area contributed by atoms with Gasteiger partial charge in [0.1, 0.15) is 5.78 Å². The number of ketones is 1. The number of ether oxygens (including phenoxy) is 1. The molecular formula is C17H25NO2. The van der Waals surface area contributed by atoms with Gasteiger partial charge in [-0.1, -0.05) is 38.1 Å². The molecule has 0 radical (unpaired) electrons. The molecule has 110 valence electrons. The van der Waals surface area contributed by atoms with Crippen molar-refractivity contribution in [3.63, 3.8) is 0 Å². The van der Waals surface area contributed by atoms with Crippen molar-refractivity contribution in [3.05, 3.63) is 35.4 Å². The van der Waals surface area contributed by atoms with Gasteiger partial charge in [-0.3, -0.25) is 4.79 Å². The predicted octanol–water partition coefficient (Wildman–Crippen LogP) is 2.99. The first-order valence-corrected chi connectivity index (χ1v) is 7.68. The molecule has 0 aromatic heterocycles. The van der Waals surface area contributed by atoms with E-state index >= 15 is 0 Å². The van der Waals surface area contributed by atoms with Gasteiger partial charge in [-0.2, -0.15) is 0 Å². The Balaban J connectivity index is 1.89. The number of benzene rings is 1. The molecule has 0 amide bonds. The van der Waals surface area contributed by atoms with Gasteiger partial charge in [0.25, 0.3) is 0 Å². The van der Waals surface area contributed by atoms with Crippen LogP contribution in [-0.4, -0.2) is 36.9 Å². The zero-order valence-electron chi connectivity index (χ0n) is 12.6. The smallest absolute Gasteiger partial charge is 0.137 e. The summed E-state index contributed by atoms with van der Waals surface area (Å²) in [7, 11) is 0. The SMILES string of the molecule is CCN(CC)CCC(=O)CC1OCCc2ccccc21. The van der Waals surface area contributed by atoms with Gasteiger partial charge in [-0.25, -0.2) is 0 Å². The van der Waals surface area contributed by atoms with E-state index in [1.807, 2.05) is 6.07 Å². The first kappa shape index (κ1) is 15.2. The highest BCUT2D eigenvalue weighted by atomic mass is 16.5. The zero-order chi connectivity index (χ0) is 14.4. The highest BCUT2D eigenvalue weighted by molar-refractivity contribution is 5.79. The standard InChI is InChI=1S/C17H25NO2/c1-3-18(4-2)11-9-15(19)13-17-16-8-6-5-7-14(16)10-12-20-17/h5-8,17H,3-4,9-13H2,1-2H3. The van der Waals surface area contributed by atoms with E-state index in [-0.39, 0.29) is 6.10 Å². The van der Waals surface area contributed by atoms with Crippen LogP contribution in [0, 0.1) is 0 Å². The lowest BCUT2D eigenvalue weighted by Gasteiger charge is -2.26. The molecule has 3 heteroatoms. The van der Waals surface area contributed by atoms with Crippen LogP contribution >= 0.6 is 0 Å². The lowest BCUT2D eigenvalue weighted by Crippen LogP contribution is -2.26. The summed E-state index contributed by atoms with van der Waals surface area (Å²) in [6.07, 6.45) is 2.06. The van der Waals surface area contributed by atoms with Gasteiger partial charge in [-0.15, -0.1) is 0 Å². The summed E-state index contributed by atoms with van der Waals surface area (Å²) < 4.78 is 5.80. The molecule has 1 aromatic rings. The van der Waals surface area contributed by atoms with E-state index in [1.165, 1.54) is 11.1 Å². The van der Waals surface area contributed by atoms with Gasteiger partial charge in [0.05, 0.1) is 12.7 Å². The monoisotopic (exact) mass is 275 g/mol. The minimum Gasteiger partial charge on any atom is -0.373 e. The number of rotatable bonds is 7. The summed E-state index contributed by atoms with van der Waals surface area (Å²) in [6.45, 7) is 7.87. The van der Waals surface area contributed by atoms with Crippen LogP contribution in [0.1, 0.15) is 43.9 Å². The summed E-state index contributed by atoms with van der Waals surface area (Å²) in [5.74, 6) is 0.304. The highest BCUT2D eigenvalue weighted by Gasteiger charge is 2.22. The van der Waals surface area contributed by atoms with E-state index in [1.54, 1.807) is 0 Å². The van der Waals surface area contributed by atoms with Gasteiger partial charge >= 0.3 is 0 Å². The molecule has 20 heavy (non-hydrogen) atoms. The second kappa shape index (κ2) is 7.55. The summed E-state index contributed by atoms with van der Waals surface area (Å²) >= 11 is 0. The highest BCUT2D eigenvalue weighted by Crippen LogP contribution is 2.29. The topological polar surface area (TPSA) is 29.5 Å². The summed E-state index contributed by atoms with van der Waals surface area (Å²) in [6, 6.07) is 8.33. The molecule has 0 N–H and O–H groups in total. The Morgan fingerprint density at radius 1 is 1.30 bits per heavy atom. The normalized spacial score (nSPS) is 18.1. The van der Waals surface area contributed by atoms with Crippen molar-refractivity contribution < 1.29 is 9.53 Å². The molecule has 0 saturated carbocycles. The third-order valence-electron chi connectivity index (χ3n) is 4.11. The summed E-state index contributed by atoms with van der Waals surface area (Å²) in [5, 5.41) is 0. The molecule has 0 aliphatic carbocycles. The Kier molecular flexibility index (Phi) is 5.74. The third kappa shape index (κ3) is 3.90. The zero-order valence-corrected chi connectivity index (χ0v) is 12.6. The lowest BCUT2D eigenvalue weighted by molar-refractivity contribution is -0.122. The van der Waals surface area contributed by atoms with Gasteiger partial charge in [-0.05, 0) is 30.6 Å². The van der Waals surface area contributed by atoms with Crippen LogP contribution in [0.25, 0.3) is 0 Å². The van der Waals surface area contributed by atoms with Crippen LogP contribution in [0.15, 0.2) is 24.3 Å². The molecule has 1 aliphatic heterocycles. The van der Waals surface area contributed by atoms with E-state index in [2.05, 4.69) is 36.9 Å². The van der Waals surface area contributed by atoms with Crippen molar-refractivity contribution in [1.82, 2.24) is 4.90 Å². The van der Waals surface area contributed by atoms with Gasteiger partial charge in [0.15, 0.2) is 0 Å². The maximum Gasteiger partial charge on any atom is 0.137 e. The van der Waals surface area contributed by atoms with Crippen molar-refractivity contribution in [3.8, 4) is 0 Å². The van der Waals surface area contributed by atoms with Gasteiger partial charge < -0.3 is 9.64 Å². The summed E-state index contributed by atoms with van der Waals surface area (Å²) in [5.41, 5.74) is 2.54. The maximum atomic E-state index is 12.2. The van der Waals surface area contributed by atoms with Crippen LogP contribution in [0.5, 0.6) is 0 Å². The number of hydrogen-bond donors (Lipinski definition) is 0. The van der Waals surface area contributed by atoms with Gasteiger partial charge in [0.2, 0.25) is 0 Å². The minimum atomic E-state index is -0.0378. The van der Waals surface area contributed by atoms with Crippen LogP contribution in [0.3, 0.4) is 0 Å². The van der Waals surface area contributed by atoms with E-state index < -0.39 is 0 Å². The molecule has 1 heterocycles. The Bertz CT molecular complexity index is 440. The third-order valence-corrected chi connectivity index (χ3v) is 4.11. The Morgan fingerprint density at radius 3 is 2.80 bits per heavy atom. The Labute approximate surface area is 121 Å². The quantitative estimate of drug-likeness (QED) is 0.766. The fourth-order valence-corrected chi connectivity index (χ4v) is 2.78. The molecule has 0 bridgehead atoms. The average Bonchev–Trinajstić information content (AvgIpc) is 2.49. The number of carbonyl (C=O) groups is 1. The molecule has 0 saturated heterocycles. The van der Waals surface area contributed by atoms with Crippen molar-refractivity contribution >= 4 is 5.78 Å². The molecule has 0 fully saturated rings. The average molecular weight is 275 g/mol. The van der Waals surface area contributed by atoms with Crippen LogP contribution in [0.2, 0.25) is 0 Å². The number of Topliss-reactive ketones (excluding diaryl/α,β-unsaturated/α-hetero) is 1. The molecule has 3 nitrogen and oxygen atoms in total. The lowest BCUT2D eigenvalue weighted by atomic mass is 9.94. The number of hydrogen-bond acceptors (Lipinski definition) is 3. The molecule has 1 aromatic carbocycles. The maximum absolute atomic E-state index is 12.2. The molecule has 1 aliphatic rings. The number of carbonyl (C=O) groups excluding carboxylic acids is 1. The predicted molar refractivity (Wildman–Crippen MR) is 80.9 cm³/mol. The number of nitrogens with zero attached hydrogens (tertiary/aromatic N) is 1. The first-order valence-electron chi connectivity index (χ1n) is 7.68. The second-order valence-corrected chi connectivity index (χ2v) is 5.33. The fourth-order valence-electron chi connectivity index (χ4n) is 2.78. The van der Waals surface area contributed by atoms with Gasteiger partial charge in [0, 0.05) is 19.4 Å². The van der Waals surface area contributed by atoms with Crippen molar-refractivity contribution in [2.24, 2.45) is 0 Å². The molecular weight excluding hydrogens is 250 g/mol. The van der Waals surface area contributed by atoms with Crippen LogP contribution in [-0.2, 0) is 16.0 Å². The van der Waals surface area contributed by atoms with E-state index in [9.17, 15) is 4.79 Å². The van der Waals surface area contributed by atoms with Crippen molar-refractivity contribution in [2.75, 3.05) is 26.2 Å². The van der Waals surface area contributed by atoms with Crippen molar-refractivity contribution in [2.45, 2.75) is 39.2 Å². The molecule has 1 unspecified atom stereocenters. The first-order chi connectivity index (χ1) is 9.74. The summed E-state index contributed by atoms with van der Waals surface area (Å²) in [4.78, 5) is 14.4. The fraction of sp³-hybridized carbons (Fsp3) is 0.588. The molecule has 2 rings (SSSR count). The molecule has 0 spiro atoms. The van der Waals surface area contributed by atoms with E-state index in [0.29, 0.717) is 18.6 Å². The van der Waals surface area contributed by atoms with Crippen molar-refractivity contribution in [1.29, 1.82) is 0 Å². The Hall–Kier alpha value is -1.19. The Morgan fingerprint density at radius 2 is 2.05 bits per heavy atom. The largest absolute Gasteiger partial charge is 0.373 e. The molecule has 1 atom stereocenters. The van der Waals surface area contributed by atoms with E-state index in [4.69, 9.17) is 4.74 Å². The van der Waals surface area contributed by atoms with Crippen LogP contribution < -0.4 is 0 Å².